The van der Waals surface area contributed by atoms with E-state index in [1.807, 2.05) is 0 Å². The summed E-state index contributed by atoms with van der Waals surface area (Å²) in [4.78, 5) is 57.2. The molecule has 1 aliphatic rings. The summed E-state index contributed by atoms with van der Waals surface area (Å²) in [7, 11) is 1.36. The van der Waals surface area contributed by atoms with Crippen molar-refractivity contribution in [2.24, 2.45) is 0 Å². The van der Waals surface area contributed by atoms with Crippen molar-refractivity contribution in [2.75, 3.05) is 7.11 Å². The second-order valence-corrected chi connectivity index (χ2v) is 7.00. The molecule has 10 nitrogen and oxygen atoms in total. The van der Waals surface area contributed by atoms with Gasteiger partial charge in [0.1, 0.15) is 23.8 Å². The lowest BCUT2D eigenvalue weighted by Gasteiger charge is -2.19. The molecular formula is C22H24F2N2O8. The number of alkyl halides is 2. The van der Waals surface area contributed by atoms with E-state index in [2.05, 4.69) is 4.98 Å². The molecule has 0 aliphatic carbocycles. The molecule has 1 unspecified atom stereocenters. The maximum atomic E-state index is 12.5. The molecule has 0 saturated heterocycles. The standard InChI is InChI=1S/C13H16F2N2O5.C9H8O3/c1-7(20-2)17-12(18)10-8(4-3-5-9(14)15)6-21-22-11(10)16-13(17)19;1-7(11)12-9-5-3-2-4-8(9)6-10/h6-7,9H,3-5H2,1-2H3,(H,16,19);2-6H,1H3. The Kier molecular flexibility index (Phi) is 9.68. The summed E-state index contributed by atoms with van der Waals surface area (Å²) < 4.78 is 35.1. The summed E-state index contributed by atoms with van der Waals surface area (Å²) in [5, 5.41) is 0. The Bertz CT molecular complexity index is 1160. The Labute approximate surface area is 192 Å². The van der Waals surface area contributed by atoms with Gasteiger partial charge in [-0.25, -0.2) is 18.1 Å². The van der Waals surface area contributed by atoms with Crippen LogP contribution in [0, 0.1) is 0 Å². The van der Waals surface area contributed by atoms with Gasteiger partial charge in [0.2, 0.25) is 6.43 Å². The molecule has 2 aromatic rings. The van der Waals surface area contributed by atoms with Crippen LogP contribution in [0.3, 0.4) is 0 Å². The molecule has 12 heteroatoms. The Hall–Kier alpha value is -3.80. The van der Waals surface area contributed by atoms with Gasteiger partial charge in [0.15, 0.2) is 6.29 Å². The number of benzene rings is 1. The van der Waals surface area contributed by atoms with Crippen LogP contribution in [0.4, 0.5) is 8.78 Å². The van der Waals surface area contributed by atoms with Gasteiger partial charge in [-0.15, -0.1) is 0 Å². The van der Waals surface area contributed by atoms with Crippen LogP contribution in [-0.4, -0.2) is 35.3 Å². The van der Waals surface area contributed by atoms with E-state index in [1.54, 1.807) is 24.3 Å². The quantitative estimate of drug-likeness (QED) is 0.263. The summed E-state index contributed by atoms with van der Waals surface area (Å²) in [6.07, 6.45) is -1.30. The van der Waals surface area contributed by atoms with Crippen LogP contribution in [0.5, 0.6) is 11.6 Å². The fourth-order valence-corrected chi connectivity index (χ4v) is 2.96. The summed E-state index contributed by atoms with van der Waals surface area (Å²) in [6, 6.07) is 6.57. The molecule has 184 valence electrons. The van der Waals surface area contributed by atoms with Crippen molar-refractivity contribution in [2.45, 2.75) is 45.8 Å². The van der Waals surface area contributed by atoms with E-state index in [1.165, 1.54) is 27.2 Å². The lowest BCUT2D eigenvalue weighted by Crippen LogP contribution is -2.40. The first-order chi connectivity index (χ1) is 16.2. The average Bonchev–Trinajstić information content (AvgIpc) is 2.79. The fourth-order valence-electron chi connectivity index (χ4n) is 2.96. The highest BCUT2D eigenvalue weighted by atomic mass is 19.3. The number of hydrogen-bond acceptors (Lipinski definition) is 8. The van der Waals surface area contributed by atoms with E-state index < -0.39 is 29.9 Å². The fraction of sp³-hybridized carbons (Fsp3) is 0.364. The highest BCUT2D eigenvalue weighted by Gasteiger charge is 2.25. The molecule has 1 N–H and O–H groups in total. The van der Waals surface area contributed by atoms with Gasteiger partial charge >= 0.3 is 11.7 Å². The number of para-hydroxylation sites is 1. The van der Waals surface area contributed by atoms with Gasteiger partial charge in [0.05, 0.1) is 5.56 Å². The molecule has 0 amide bonds. The topological polar surface area (TPSA) is 126 Å². The summed E-state index contributed by atoms with van der Waals surface area (Å²) >= 11 is 0. The molecule has 1 atom stereocenters. The van der Waals surface area contributed by atoms with Crippen molar-refractivity contribution < 1.29 is 37.6 Å². The first-order valence-electron chi connectivity index (χ1n) is 10.1. The molecule has 0 bridgehead atoms. The number of fused-ring (bicyclic) bond motifs is 1. The van der Waals surface area contributed by atoms with Gasteiger partial charge in [-0.1, -0.05) is 12.1 Å². The summed E-state index contributed by atoms with van der Waals surface area (Å²) in [5.41, 5.74) is -0.479. The molecular weight excluding hydrogens is 458 g/mol. The van der Waals surface area contributed by atoms with Gasteiger partial charge in [0, 0.05) is 26.0 Å². The number of H-pyrrole nitrogens is 1. The first-order valence-corrected chi connectivity index (χ1v) is 10.1. The summed E-state index contributed by atoms with van der Waals surface area (Å²) in [5.74, 6) is -0.256. The van der Waals surface area contributed by atoms with Crippen LogP contribution < -0.4 is 20.9 Å². The maximum Gasteiger partial charge on any atom is 0.333 e. The molecule has 34 heavy (non-hydrogen) atoms. The van der Waals surface area contributed by atoms with Crippen LogP contribution >= 0.6 is 0 Å². The lowest BCUT2D eigenvalue weighted by molar-refractivity contribution is -0.156. The molecule has 3 rings (SSSR count). The Morgan fingerprint density at radius 3 is 2.59 bits per heavy atom. The second-order valence-electron chi connectivity index (χ2n) is 7.00. The van der Waals surface area contributed by atoms with E-state index in [-0.39, 0.29) is 30.7 Å². The van der Waals surface area contributed by atoms with Crippen molar-refractivity contribution in [3.63, 3.8) is 0 Å². The number of halogens is 2. The zero-order valence-corrected chi connectivity index (χ0v) is 18.7. The number of carbonyl (C=O) groups is 2. The molecule has 1 aromatic heterocycles. The summed E-state index contributed by atoms with van der Waals surface area (Å²) in [6.45, 7) is 2.82. The molecule has 2 heterocycles. The SMILES string of the molecule is CC(=O)Oc1ccccc1C=O.COC(C)n1c(=O)[nH]c2c(c1=O)C(CCCC(F)F)=COO2. The highest BCUT2D eigenvalue weighted by molar-refractivity contribution is 5.81. The third kappa shape index (κ3) is 6.85. The van der Waals surface area contributed by atoms with Crippen molar-refractivity contribution in [1.82, 2.24) is 9.55 Å². The number of nitrogens with one attached hydrogen (secondary N) is 1. The van der Waals surface area contributed by atoms with Crippen molar-refractivity contribution in [3.8, 4) is 11.6 Å². The van der Waals surface area contributed by atoms with Gasteiger partial charge in [-0.05, 0) is 31.9 Å². The molecule has 0 saturated carbocycles. The van der Waals surface area contributed by atoms with Crippen molar-refractivity contribution in [3.05, 3.63) is 62.5 Å². The van der Waals surface area contributed by atoms with Crippen LogP contribution in [0.1, 0.15) is 55.3 Å². The number of aldehydes is 1. The van der Waals surface area contributed by atoms with Crippen molar-refractivity contribution in [1.29, 1.82) is 0 Å². The average molecular weight is 482 g/mol. The monoisotopic (exact) mass is 482 g/mol. The normalized spacial score (nSPS) is 12.8. The van der Waals surface area contributed by atoms with Gasteiger partial charge in [-0.3, -0.25) is 29.1 Å². The number of esters is 1. The lowest BCUT2D eigenvalue weighted by atomic mass is 10.0. The number of aromatic amines is 1. The molecule has 0 radical (unpaired) electrons. The third-order valence-corrected chi connectivity index (χ3v) is 4.61. The predicted molar refractivity (Wildman–Crippen MR) is 116 cm³/mol. The van der Waals surface area contributed by atoms with E-state index in [9.17, 15) is 28.0 Å². The van der Waals surface area contributed by atoms with Crippen LogP contribution in [-0.2, 0) is 14.4 Å². The first kappa shape index (κ1) is 26.5. The van der Waals surface area contributed by atoms with Gasteiger partial charge in [0.25, 0.3) is 11.4 Å². The Morgan fingerprint density at radius 1 is 1.26 bits per heavy atom. The largest absolute Gasteiger partial charge is 0.426 e. The number of rotatable bonds is 8. The van der Waals surface area contributed by atoms with E-state index >= 15 is 0 Å². The van der Waals surface area contributed by atoms with E-state index in [0.29, 0.717) is 23.2 Å². The minimum absolute atomic E-state index is 0.0871. The molecule has 0 spiro atoms. The number of ether oxygens (including phenoxy) is 2. The van der Waals surface area contributed by atoms with E-state index in [4.69, 9.17) is 19.2 Å². The van der Waals surface area contributed by atoms with Gasteiger partial charge < -0.3 is 9.47 Å². The minimum atomic E-state index is -2.42. The van der Waals surface area contributed by atoms with Crippen LogP contribution in [0.15, 0.2) is 40.1 Å². The third-order valence-electron chi connectivity index (χ3n) is 4.61. The number of aromatic nitrogens is 2. The molecule has 0 fully saturated rings. The zero-order chi connectivity index (χ0) is 25.3. The minimum Gasteiger partial charge on any atom is -0.426 e. The number of allylic oxidation sites excluding steroid dienone is 1. The molecule has 1 aromatic carbocycles. The predicted octanol–water partition coefficient (Wildman–Crippen LogP) is 3.23. The highest BCUT2D eigenvalue weighted by Crippen LogP contribution is 2.29. The van der Waals surface area contributed by atoms with Crippen LogP contribution in [0.2, 0.25) is 0 Å². The molecule has 1 aliphatic heterocycles. The van der Waals surface area contributed by atoms with Gasteiger partial charge in [-0.2, -0.15) is 0 Å². The Morgan fingerprint density at radius 2 is 1.97 bits per heavy atom. The van der Waals surface area contributed by atoms with Crippen molar-refractivity contribution >= 4 is 17.8 Å². The van der Waals surface area contributed by atoms with E-state index in [0.717, 1.165) is 4.57 Å². The maximum absolute atomic E-state index is 12.5. The smallest absolute Gasteiger partial charge is 0.333 e. The van der Waals surface area contributed by atoms with Crippen LogP contribution in [0.25, 0.3) is 5.57 Å². The Balaban J connectivity index is 0.000000287. The number of hydrogen-bond donors (Lipinski definition) is 1. The number of carbonyl (C=O) groups excluding carboxylic acids is 2. The number of nitrogens with zero attached hydrogens (tertiary/aromatic N) is 1. The number of methoxy groups -OCH3 is 1. The second kappa shape index (κ2) is 12.4. The zero-order valence-electron chi connectivity index (χ0n) is 18.7.